The molecule has 26 heavy (non-hydrogen) atoms. The molecule has 1 N–H and O–H groups in total. The van der Waals surface area contributed by atoms with Crippen LogP contribution in [0.1, 0.15) is 30.2 Å². The van der Waals surface area contributed by atoms with Crippen molar-refractivity contribution in [1.29, 1.82) is 5.26 Å². The lowest BCUT2D eigenvalue weighted by Crippen LogP contribution is -2.12. The first-order valence-corrected chi connectivity index (χ1v) is 9.62. The standard InChI is InChI=1S/C19H15N3O3S/c20-11-13-2-1-3-16(10-13)22-26(23,24)17-8-6-14(7-9-17)18-12-21-19(25-18)15-4-5-15/h1-3,6-10,12,15,22H,4-5H2. The lowest BCUT2D eigenvalue weighted by Gasteiger charge is -2.08. The van der Waals surface area contributed by atoms with Gasteiger partial charge in [-0.1, -0.05) is 6.07 Å². The number of hydrogen-bond acceptors (Lipinski definition) is 5. The van der Waals surface area contributed by atoms with Crippen molar-refractivity contribution >= 4 is 15.7 Å². The van der Waals surface area contributed by atoms with Crippen molar-refractivity contribution < 1.29 is 12.8 Å². The predicted molar refractivity (Wildman–Crippen MR) is 95.9 cm³/mol. The molecule has 0 atom stereocenters. The fourth-order valence-electron chi connectivity index (χ4n) is 2.60. The SMILES string of the molecule is N#Cc1cccc(NS(=O)(=O)c2ccc(-c3cnc(C4CC4)o3)cc2)c1. The Bertz CT molecular complexity index is 1090. The third-order valence-electron chi connectivity index (χ3n) is 4.14. The second-order valence-corrected chi connectivity index (χ2v) is 7.84. The summed E-state index contributed by atoms with van der Waals surface area (Å²) in [5, 5.41) is 8.91. The van der Waals surface area contributed by atoms with Crippen molar-refractivity contribution in [3.05, 3.63) is 66.2 Å². The van der Waals surface area contributed by atoms with E-state index >= 15 is 0 Å². The molecule has 6 nitrogen and oxygen atoms in total. The molecular formula is C19H15N3O3S. The van der Waals surface area contributed by atoms with E-state index in [1.807, 2.05) is 6.07 Å². The number of nitriles is 1. The van der Waals surface area contributed by atoms with E-state index in [4.69, 9.17) is 9.68 Å². The Morgan fingerprint density at radius 2 is 1.92 bits per heavy atom. The van der Waals surface area contributed by atoms with E-state index in [0.717, 1.165) is 24.3 Å². The van der Waals surface area contributed by atoms with Gasteiger partial charge in [0.15, 0.2) is 11.7 Å². The summed E-state index contributed by atoms with van der Waals surface area (Å²) in [5.41, 5.74) is 1.50. The van der Waals surface area contributed by atoms with Crippen molar-refractivity contribution in [2.45, 2.75) is 23.7 Å². The van der Waals surface area contributed by atoms with Gasteiger partial charge in [0.2, 0.25) is 0 Å². The summed E-state index contributed by atoms with van der Waals surface area (Å²) in [6.45, 7) is 0. The van der Waals surface area contributed by atoms with Crippen LogP contribution in [0.5, 0.6) is 0 Å². The van der Waals surface area contributed by atoms with Crippen molar-refractivity contribution in [3.8, 4) is 17.4 Å². The summed E-state index contributed by atoms with van der Waals surface area (Å²) < 4.78 is 33.3. The largest absolute Gasteiger partial charge is 0.440 e. The highest BCUT2D eigenvalue weighted by Crippen LogP contribution is 2.40. The van der Waals surface area contributed by atoms with Gasteiger partial charge in [0.05, 0.1) is 28.4 Å². The predicted octanol–water partition coefficient (Wildman–Crippen LogP) is 3.89. The van der Waals surface area contributed by atoms with Gasteiger partial charge in [-0.25, -0.2) is 13.4 Å². The second-order valence-electron chi connectivity index (χ2n) is 6.16. The minimum Gasteiger partial charge on any atom is -0.440 e. The highest BCUT2D eigenvalue weighted by Gasteiger charge is 2.28. The molecule has 0 aliphatic heterocycles. The first kappa shape index (κ1) is 16.4. The molecule has 2 aromatic carbocycles. The highest BCUT2D eigenvalue weighted by molar-refractivity contribution is 7.92. The molecule has 0 unspecified atom stereocenters. The molecule has 4 rings (SSSR count). The molecule has 1 aliphatic rings. The van der Waals surface area contributed by atoms with E-state index in [1.165, 1.54) is 18.2 Å². The molecule has 0 bridgehead atoms. The zero-order valence-corrected chi connectivity index (χ0v) is 14.5. The third-order valence-corrected chi connectivity index (χ3v) is 5.54. The van der Waals surface area contributed by atoms with E-state index in [-0.39, 0.29) is 4.90 Å². The van der Waals surface area contributed by atoms with Gasteiger partial charge in [0.25, 0.3) is 10.0 Å². The zero-order valence-electron chi connectivity index (χ0n) is 13.7. The first-order valence-electron chi connectivity index (χ1n) is 8.14. The van der Waals surface area contributed by atoms with Gasteiger partial charge < -0.3 is 4.42 Å². The topological polar surface area (TPSA) is 96.0 Å². The van der Waals surface area contributed by atoms with Crippen LogP contribution in [-0.2, 0) is 10.0 Å². The summed E-state index contributed by atoms with van der Waals surface area (Å²) in [7, 11) is -3.74. The van der Waals surface area contributed by atoms with Crippen LogP contribution in [-0.4, -0.2) is 13.4 Å². The number of nitrogens with zero attached hydrogens (tertiary/aromatic N) is 2. The molecule has 0 amide bonds. The lowest BCUT2D eigenvalue weighted by molar-refractivity contribution is 0.509. The van der Waals surface area contributed by atoms with Crippen molar-refractivity contribution in [2.75, 3.05) is 4.72 Å². The Morgan fingerprint density at radius 3 is 2.62 bits per heavy atom. The Labute approximate surface area is 151 Å². The quantitative estimate of drug-likeness (QED) is 0.740. The fourth-order valence-corrected chi connectivity index (χ4v) is 3.65. The summed E-state index contributed by atoms with van der Waals surface area (Å²) >= 11 is 0. The average Bonchev–Trinajstić information content (AvgIpc) is 3.38. The average molecular weight is 365 g/mol. The maximum Gasteiger partial charge on any atom is 0.261 e. The monoisotopic (exact) mass is 365 g/mol. The molecule has 130 valence electrons. The number of aromatic nitrogens is 1. The minimum absolute atomic E-state index is 0.130. The number of anilines is 1. The third kappa shape index (κ3) is 3.32. The van der Waals surface area contributed by atoms with Gasteiger partial charge in [0, 0.05) is 11.5 Å². The number of sulfonamides is 1. The molecule has 1 aliphatic carbocycles. The molecule has 0 spiro atoms. The summed E-state index contributed by atoms with van der Waals surface area (Å²) in [4.78, 5) is 4.40. The molecule has 1 saturated carbocycles. The van der Waals surface area contributed by atoms with Gasteiger partial charge >= 0.3 is 0 Å². The number of rotatable bonds is 5. The smallest absolute Gasteiger partial charge is 0.261 e. The molecule has 1 aromatic heterocycles. The molecule has 7 heteroatoms. The molecule has 3 aromatic rings. The lowest BCUT2D eigenvalue weighted by atomic mass is 10.2. The maximum absolute atomic E-state index is 12.5. The van der Waals surface area contributed by atoms with Crippen LogP contribution in [0.4, 0.5) is 5.69 Å². The Morgan fingerprint density at radius 1 is 1.15 bits per heavy atom. The van der Waals surface area contributed by atoms with Gasteiger partial charge in [-0.3, -0.25) is 4.72 Å². The van der Waals surface area contributed by atoms with E-state index in [1.54, 1.807) is 36.5 Å². The molecule has 0 saturated heterocycles. The minimum atomic E-state index is -3.74. The van der Waals surface area contributed by atoms with E-state index in [9.17, 15) is 8.42 Å². The normalized spacial score (nSPS) is 14.0. The van der Waals surface area contributed by atoms with E-state index in [0.29, 0.717) is 22.9 Å². The van der Waals surface area contributed by atoms with E-state index < -0.39 is 10.0 Å². The summed E-state index contributed by atoms with van der Waals surface area (Å²) in [6, 6.07) is 14.7. The van der Waals surface area contributed by atoms with Crippen LogP contribution in [0.2, 0.25) is 0 Å². The highest BCUT2D eigenvalue weighted by atomic mass is 32.2. The van der Waals surface area contributed by atoms with Gasteiger partial charge in [-0.05, 0) is 55.3 Å². The molecule has 1 fully saturated rings. The second kappa shape index (κ2) is 6.32. The number of oxazole rings is 1. The maximum atomic E-state index is 12.5. The molecule has 0 radical (unpaired) electrons. The van der Waals surface area contributed by atoms with Crippen LogP contribution < -0.4 is 4.72 Å². The van der Waals surface area contributed by atoms with Gasteiger partial charge in [0.1, 0.15) is 0 Å². The van der Waals surface area contributed by atoms with Crippen LogP contribution in [0.3, 0.4) is 0 Å². The van der Waals surface area contributed by atoms with Gasteiger partial charge in [-0.2, -0.15) is 5.26 Å². The summed E-state index contributed by atoms with van der Waals surface area (Å²) in [5.74, 6) is 1.80. The van der Waals surface area contributed by atoms with Gasteiger partial charge in [-0.15, -0.1) is 0 Å². The summed E-state index contributed by atoms with van der Waals surface area (Å²) in [6.07, 6.45) is 3.88. The Balaban J connectivity index is 1.55. The van der Waals surface area contributed by atoms with E-state index in [2.05, 4.69) is 9.71 Å². The zero-order chi connectivity index (χ0) is 18.1. The fraction of sp³-hybridized carbons (Fsp3) is 0.158. The Kier molecular flexibility index (Phi) is 3.98. The van der Waals surface area contributed by atoms with Crippen LogP contribution in [0, 0.1) is 11.3 Å². The first-order chi connectivity index (χ1) is 12.5. The molecule has 1 heterocycles. The number of benzene rings is 2. The Hall–Kier alpha value is -3.11. The van der Waals surface area contributed by atoms with Crippen LogP contribution in [0.15, 0.2) is 64.0 Å². The van der Waals surface area contributed by atoms with Crippen LogP contribution in [0.25, 0.3) is 11.3 Å². The number of nitrogens with one attached hydrogen (secondary N) is 1. The van der Waals surface area contributed by atoms with Crippen molar-refractivity contribution in [2.24, 2.45) is 0 Å². The van der Waals surface area contributed by atoms with Crippen LogP contribution >= 0.6 is 0 Å². The van der Waals surface area contributed by atoms with Crippen molar-refractivity contribution in [1.82, 2.24) is 4.98 Å². The molecular weight excluding hydrogens is 350 g/mol. The number of hydrogen-bond donors (Lipinski definition) is 1. The van der Waals surface area contributed by atoms with Crippen molar-refractivity contribution in [3.63, 3.8) is 0 Å².